The van der Waals surface area contributed by atoms with Crippen molar-refractivity contribution in [1.82, 2.24) is 0 Å². The molecule has 3 nitrogen and oxygen atoms in total. The minimum absolute atomic E-state index is 0. The average Bonchev–Trinajstić information content (AvgIpc) is 2.89. The van der Waals surface area contributed by atoms with Crippen LogP contribution in [0.1, 0.15) is 0 Å². The number of para-hydroxylation sites is 4. The number of rotatable bonds is 2. The van der Waals surface area contributed by atoms with Gasteiger partial charge >= 0.3 is 21.7 Å². The zero-order valence-electron chi connectivity index (χ0n) is 18.6. The molecule has 0 saturated carbocycles. The van der Waals surface area contributed by atoms with Gasteiger partial charge in [0.05, 0.1) is 0 Å². The van der Waals surface area contributed by atoms with Crippen LogP contribution in [0.3, 0.4) is 0 Å². The molecule has 174 valence electrons. The molecule has 0 heterocycles. The molecular weight excluding hydrogens is 484 g/mol. The van der Waals surface area contributed by atoms with Crippen LogP contribution in [0, 0.1) is 12.1 Å². The summed E-state index contributed by atoms with van der Waals surface area (Å²) in [7, 11) is 0. The Bertz CT molecular complexity index is 981. The van der Waals surface area contributed by atoms with Gasteiger partial charge in [0.1, 0.15) is 5.75 Å². The van der Waals surface area contributed by atoms with E-state index in [1.165, 1.54) is 24.3 Å². The largest absolute Gasteiger partial charge is 4.00 e. The van der Waals surface area contributed by atoms with Gasteiger partial charge in [0.25, 0.3) is 0 Å². The van der Waals surface area contributed by atoms with Gasteiger partial charge in [-0.1, -0.05) is 78.9 Å². The molecule has 0 aliphatic rings. The molecule has 0 radical (unpaired) electrons. The van der Waals surface area contributed by atoms with E-state index in [4.69, 9.17) is 4.74 Å². The van der Waals surface area contributed by atoms with Gasteiger partial charge < -0.3 is 14.9 Å². The Morgan fingerprint density at radius 2 is 0.886 bits per heavy atom. The Balaban J connectivity index is 0.000000457. The quantitative estimate of drug-likeness (QED) is 0.252. The van der Waals surface area contributed by atoms with Crippen molar-refractivity contribution < 1.29 is 36.7 Å². The van der Waals surface area contributed by atoms with Crippen molar-refractivity contribution in [2.45, 2.75) is 0 Å². The summed E-state index contributed by atoms with van der Waals surface area (Å²) in [6.45, 7) is 0. The third kappa shape index (κ3) is 16.7. The SMILES string of the molecule is [O-]c1ccccc1.[O-]c1ccccc1.[SiH4].[Ti+4].[c-]1ccccc1.[c-]1ccccc1Oc1ccccc1. The van der Waals surface area contributed by atoms with Gasteiger partial charge in [0.15, 0.2) is 0 Å². The second kappa shape index (κ2) is 21.0. The van der Waals surface area contributed by atoms with Crippen molar-refractivity contribution in [3.8, 4) is 23.0 Å². The fourth-order valence-corrected chi connectivity index (χ4v) is 2.24. The zero-order valence-corrected chi connectivity index (χ0v) is 20.1. The van der Waals surface area contributed by atoms with Crippen LogP contribution in [0.4, 0.5) is 0 Å². The summed E-state index contributed by atoms with van der Waals surface area (Å²) in [5.41, 5.74) is 0. The standard InChI is InChI=1S/C12H9O.2C6H6O.C6H5.H4Si.Ti/c1-3-7-11(8-4-1)13-12-9-5-2-6-10-12;2*7-6-4-2-1-3-5-6;1-2-4-6-5-3-1;;/h1-9H;2*1-5,7H;1-5H;1H4;/q-1;;;-1;;+4/p-2. The van der Waals surface area contributed by atoms with Crippen molar-refractivity contribution in [2.24, 2.45) is 0 Å². The van der Waals surface area contributed by atoms with Gasteiger partial charge in [-0.2, -0.15) is 54.6 Å². The minimum atomic E-state index is 0. The zero-order chi connectivity index (χ0) is 23.4. The summed E-state index contributed by atoms with van der Waals surface area (Å²) in [6, 6.07) is 49.4. The second-order valence-corrected chi connectivity index (χ2v) is 6.35. The molecule has 0 aromatic heterocycles. The first-order valence-corrected chi connectivity index (χ1v) is 10.3. The monoisotopic (exact) mass is 512 g/mol. The molecule has 5 aromatic carbocycles. The van der Waals surface area contributed by atoms with Crippen molar-refractivity contribution in [3.05, 3.63) is 158 Å². The Kier molecular flexibility index (Phi) is 18.9. The minimum Gasteiger partial charge on any atom is -0.872 e. The molecule has 5 heteroatoms. The van der Waals surface area contributed by atoms with E-state index >= 15 is 0 Å². The molecule has 5 aromatic rings. The predicted molar refractivity (Wildman–Crippen MR) is 140 cm³/mol. The summed E-state index contributed by atoms with van der Waals surface area (Å²) in [5.74, 6) is 1.73. The Labute approximate surface area is 227 Å². The summed E-state index contributed by atoms with van der Waals surface area (Å²) in [5, 5.41) is 20.5. The van der Waals surface area contributed by atoms with Crippen molar-refractivity contribution in [3.63, 3.8) is 0 Å². The first-order chi connectivity index (χ1) is 16.2. The van der Waals surface area contributed by atoms with E-state index < -0.39 is 0 Å². The maximum Gasteiger partial charge on any atom is 4.00 e. The van der Waals surface area contributed by atoms with Gasteiger partial charge in [-0.25, -0.2) is 0 Å². The molecule has 0 fully saturated rings. The predicted octanol–water partition coefficient (Wildman–Crippen LogP) is 4.83. The van der Waals surface area contributed by atoms with Gasteiger partial charge in [0.2, 0.25) is 0 Å². The van der Waals surface area contributed by atoms with E-state index in [9.17, 15) is 10.2 Å². The number of hydrogen-bond acceptors (Lipinski definition) is 3. The Hall–Kier alpha value is -3.57. The molecule has 0 amide bonds. The van der Waals surface area contributed by atoms with Crippen molar-refractivity contribution >= 4 is 11.0 Å². The first kappa shape index (κ1) is 31.4. The van der Waals surface area contributed by atoms with Crippen LogP contribution in [-0.2, 0) is 21.7 Å². The molecule has 0 N–H and O–H groups in total. The molecule has 5 rings (SSSR count). The molecule has 0 saturated heterocycles. The van der Waals surface area contributed by atoms with Crippen LogP contribution in [0.5, 0.6) is 23.0 Å². The summed E-state index contributed by atoms with van der Waals surface area (Å²) >= 11 is 0. The molecule has 0 unspecified atom stereocenters. The molecule has 0 atom stereocenters. The topological polar surface area (TPSA) is 55.3 Å². The molecule has 35 heavy (non-hydrogen) atoms. The van der Waals surface area contributed by atoms with E-state index in [2.05, 4.69) is 12.1 Å². The number of ether oxygens (including phenoxy) is 1. The maximum absolute atomic E-state index is 10.3. The molecule has 0 spiro atoms. The van der Waals surface area contributed by atoms with E-state index in [1.54, 1.807) is 24.3 Å². The first-order valence-electron chi connectivity index (χ1n) is 10.3. The van der Waals surface area contributed by atoms with E-state index in [0.29, 0.717) is 0 Å². The summed E-state index contributed by atoms with van der Waals surface area (Å²) in [6.07, 6.45) is 0. The van der Waals surface area contributed by atoms with Crippen LogP contribution in [0.25, 0.3) is 0 Å². The Morgan fingerprint density at radius 3 is 1.20 bits per heavy atom. The summed E-state index contributed by atoms with van der Waals surface area (Å²) < 4.78 is 5.52. The third-order valence-corrected chi connectivity index (χ3v) is 3.75. The van der Waals surface area contributed by atoms with Crippen LogP contribution < -0.4 is 14.9 Å². The number of hydrogen-bond donors (Lipinski definition) is 0. The van der Waals surface area contributed by atoms with Crippen molar-refractivity contribution in [2.75, 3.05) is 0 Å². The number of benzene rings is 5. The average molecular weight is 513 g/mol. The normalized spacial score (nSPS) is 8.34. The smallest absolute Gasteiger partial charge is 0.872 e. The van der Waals surface area contributed by atoms with Crippen LogP contribution >= 0.6 is 0 Å². The fourth-order valence-electron chi connectivity index (χ4n) is 2.24. The van der Waals surface area contributed by atoms with Gasteiger partial charge in [-0.05, 0) is 23.1 Å². The second-order valence-electron chi connectivity index (χ2n) is 6.35. The van der Waals surface area contributed by atoms with Gasteiger partial charge in [0, 0.05) is 5.75 Å². The molecule has 0 bridgehead atoms. The van der Waals surface area contributed by atoms with Gasteiger partial charge in [-0.3, -0.25) is 0 Å². The molecule has 0 aliphatic carbocycles. The maximum atomic E-state index is 10.3. The van der Waals surface area contributed by atoms with Gasteiger partial charge in [-0.15, -0.1) is 23.6 Å². The fraction of sp³-hybridized carbons (Fsp3) is 0. The van der Waals surface area contributed by atoms with E-state index in [0.717, 1.165) is 11.5 Å². The third-order valence-electron chi connectivity index (χ3n) is 3.75. The Morgan fingerprint density at radius 1 is 0.486 bits per heavy atom. The molecular formula is C30H28O3SiTi. The van der Waals surface area contributed by atoms with Crippen molar-refractivity contribution in [1.29, 1.82) is 0 Å². The van der Waals surface area contributed by atoms with E-state index in [-0.39, 0.29) is 44.2 Å². The summed E-state index contributed by atoms with van der Waals surface area (Å²) in [4.78, 5) is 0. The van der Waals surface area contributed by atoms with E-state index in [1.807, 2.05) is 97.1 Å². The van der Waals surface area contributed by atoms with Crippen LogP contribution in [-0.4, -0.2) is 11.0 Å². The van der Waals surface area contributed by atoms with Crippen LogP contribution in [0.15, 0.2) is 146 Å². The van der Waals surface area contributed by atoms with Crippen LogP contribution in [0.2, 0.25) is 0 Å². The molecule has 0 aliphatic heterocycles.